The Bertz CT molecular complexity index is 154. The summed E-state index contributed by atoms with van der Waals surface area (Å²) in [5.41, 5.74) is 0. The maximum Gasteiger partial charge on any atom is 0.305 e. The summed E-state index contributed by atoms with van der Waals surface area (Å²) in [4.78, 5) is 15.7. The molecule has 0 spiro atoms. The molecule has 0 aromatic carbocycles. The second-order valence-corrected chi connectivity index (χ2v) is 3.13. The first-order chi connectivity index (χ1) is 5.70. The van der Waals surface area contributed by atoms with Gasteiger partial charge in [-0.3, -0.25) is 9.63 Å². The van der Waals surface area contributed by atoms with E-state index >= 15 is 0 Å². The molecule has 0 aromatic heterocycles. The fraction of sp³-hybridized carbons (Fsp3) is 0.875. The number of carboxylic acids is 1. The SMILES string of the molecule is CC(CC(=O)O)N1CCCCO1. The summed E-state index contributed by atoms with van der Waals surface area (Å²) < 4.78 is 0. The van der Waals surface area contributed by atoms with Crippen molar-refractivity contribution in [2.24, 2.45) is 0 Å². The van der Waals surface area contributed by atoms with Gasteiger partial charge in [0.05, 0.1) is 13.0 Å². The molecule has 1 aliphatic rings. The van der Waals surface area contributed by atoms with Gasteiger partial charge < -0.3 is 5.11 Å². The zero-order chi connectivity index (χ0) is 8.97. The number of carbonyl (C=O) groups is 1. The van der Waals surface area contributed by atoms with Crippen LogP contribution in [0.3, 0.4) is 0 Å². The van der Waals surface area contributed by atoms with Gasteiger partial charge in [-0.15, -0.1) is 0 Å². The van der Waals surface area contributed by atoms with Crippen LogP contribution in [0.25, 0.3) is 0 Å². The number of hydrogen-bond acceptors (Lipinski definition) is 3. The highest BCUT2D eigenvalue weighted by Gasteiger charge is 2.19. The van der Waals surface area contributed by atoms with Gasteiger partial charge in [0.15, 0.2) is 0 Å². The summed E-state index contributed by atoms with van der Waals surface area (Å²) in [5, 5.41) is 10.3. The summed E-state index contributed by atoms with van der Waals surface area (Å²) in [6.45, 7) is 3.46. The van der Waals surface area contributed by atoms with Gasteiger partial charge in [0.1, 0.15) is 0 Å². The van der Waals surface area contributed by atoms with Gasteiger partial charge in [0.2, 0.25) is 0 Å². The lowest BCUT2D eigenvalue weighted by Crippen LogP contribution is -2.38. The zero-order valence-corrected chi connectivity index (χ0v) is 7.32. The predicted molar refractivity (Wildman–Crippen MR) is 43.6 cm³/mol. The van der Waals surface area contributed by atoms with Crippen molar-refractivity contribution in [1.82, 2.24) is 5.06 Å². The minimum Gasteiger partial charge on any atom is -0.481 e. The molecule has 1 N–H and O–H groups in total. The highest BCUT2D eigenvalue weighted by Crippen LogP contribution is 2.11. The van der Waals surface area contributed by atoms with Gasteiger partial charge in [-0.2, -0.15) is 5.06 Å². The molecule has 1 aliphatic heterocycles. The molecule has 4 nitrogen and oxygen atoms in total. The molecular weight excluding hydrogens is 158 g/mol. The van der Waals surface area contributed by atoms with Crippen LogP contribution >= 0.6 is 0 Å². The van der Waals surface area contributed by atoms with Gasteiger partial charge >= 0.3 is 5.97 Å². The first-order valence-electron chi connectivity index (χ1n) is 4.31. The lowest BCUT2D eigenvalue weighted by atomic mass is 10.2. The van der Waals surface area contributed by atoms with Crippen LogP contribution in [0.4, 0.5) is 0 Å². The lowest BCUT2D eigenvalue weighted by Gasteiger charge is -2.30. The molecule has 1 saturated heterocycles. The van der Waals surface area contributed by atoms with E-state index in [1.165, 1.54) is 0 Å². The van der Waals surface area contributed by atoms with Crippen molar-refractivity contribution in [1.29, 1.82) is 0 Å². The van der Waals surface area contributed by atoms with E-state index < -0.39 is 5.97 Å². The Hall–Kier alpha value is -0.610. The van der Waals surface area contributed by atoms with Gasteiger partial charge in [-0.05, 0) is 19.8 Å². The van der Waals surface area contributed by atoms with E-state index in [-0.39, 0.29) is 12.5 Å². The summed E-state index contributed by atoms with van der Waals surface area (Å²) in [5.74, 6) is -0.767. The van der Waals surface area contributed by atoms with Crippen molar-refractivity contribution >= 4 is 5.97 Å². The number of hydrogen-bond donors (Lipinski definition) is 1. The van der Waals surface area contributed by atoms with Crippen molar-refractivity contribution in [3.63, 3.8) is 0 Å². The molecule has 4 heteroatoms. The fourth-order valence-corrected chi connectivity index (χ4v) is 1.32. The highest BCUT2D eigenvalue weighted by molar-refractivity contribution is 5.67. The second-order valence-electron chi connectivity index (χ2n) is 3.13. The smallest absolute Gasteiger partial charge is 0.305 e. The fourth-order valence-electron chi connectivity index (χ4n) is 1.32. The third-order valence-electron chi connectivity index (χ3n) is 1.99. The van der Waals surface area contributed by atoms with E-state index in [2.05, 4.69) is 0 Å². The van der Waals surface area contributed by atoms with Crippen molar-refractivity contribution in [2.45, 2.75) is 32.2 Å². The topological polar surface area (TPSA) is 49.8 Å². The summed E-state index contributed by atoms with van der Waals surface area (Å²) in [7, 11) is 0. The minimum atomic E-state index is -0.767. The first kappa shape index (κ1) is 9.48. The molecular formula is C8H15NO3. The lowest BCUT2D eigenvalue weighted by molar-refractivity contribution is -0.205. The predicted octanol–water partition coefficient (Wildman–Crippen LogP) is 0.877. The molecule has 1 atom stereocenters. The van der Waals surface area contributed by atoms with Crippen molar-refractivity contribution < 1.29 is 14.7 Å². The highest BCUT2D eigenvalue weighted by atomic mass is 16.7. The largest absolute Gasteiger partial charge is 0.481 e. The molecule has 0 amide bonds. The van der Waals surface area contributed by atoms with Crippen molar-refractivity contribution in [3.05, 3.63) is 0 Å². The Balaban J connectivity index is 2.29. The molecule has 0 aromatic rings. The molecule has 1 fully saturated rings. The van der Waals surface area contributed by atoms with Gasteiger partial charge in [-0.1, -0.05) is 0 Å². The molecule has 12 heavy (non-hydrogen) atoms. The number of aliphatic carboxylic acids is 1. The first-order valence-corrected chi connectivity index (χ1v) is 4.31. The Morgan fingerprint density at radius 2 is 2.42 bits per heavy atom. The number of rotatable bonds is 3. The Kier molecular flexibility index (Phi) is 3.49. The molecule has 1 heterocycles. The van der Waals surface area contributed by atoms with E-state index in [1.807, 2.05) is 6.92 Å². The second kappa shape index (κ2) is 4.42. The maximum absolute atomic E-state index is 10.4. The Morgan fingerprint density at radius 1 is 1.67 bits per heavy atom. The average Bonchev–Trinajstić information content (AvgIpc) is 2.05. The van der Waals surface area contributed by atoms with E-state index in [9.17, 15) is 4.79 Å². The van der Waals surface area contributed by atoms with E-state index in [4.69, 9.17) is 9.94 Å². The van der Waals surface area contributed by atoms with E-state index in [0.717, 1.165) is 26.0 Å². The normalized spacial score (nSPS) is 22.1. The monoisotopic (exact) mass is 173 g/mol. The van der Waals surface area contributed by atoms with Crippen LogP contribution < -0.4 is 0 Å². The quantitative estimate of drug-likeness (QED) is 0.688. The Labute approximate surface area is 72.1 Å². The third-order valence-corrected chi connectivity index (χ3v) is 1.99. The number of hydroxylamine groups is 2. The summed E-state index contributed by atoms with van der Waals surface area (Å²) in [6, 6.07) is -0.0113. The van der Waals surface area contributed by atoms with Crippen LogP contribution in [0.15, 0.2) is 0 Å². The molecule has 0 radical (unpaired) electrons. The molecule has 0 saturated carbocycles. The minimum absolute atomic E-state index is 0.0113. The van der Waals surface area contributed by atoms with Crippen LogP contribution in [0, 0.1) is 0 Å². The van der Waals surface area contributed by atoms with Crippen LogP contribution in [-0.2, 0) is 9.63 Å². The molecule has 1 rings (SSSR count). The molecule has 70 valence electrons. The third kappa shape index (κ3) is 2.79. The van der Waals surface area contributed by atoms with Crippen LogP contribution in [-0.4, -0.2) is 35.3 Å². The standard InChI is InChI=1S/C8H15NO3/c1-7(6-8(10)11)9-4-2-3-5-12-9/h7H,2-6H2,1H3,(H,10,11). The van der Waals surface area contributed by atoms with Crippen LogP contribution in [0.5, 0.6) is 0 Å². The van der Waals surface area contributed by atoms with Crippen LogP contribution in [0.1, 0.15) is 26.2 Å². The van der Waals surface area contributed by atoms with Crippen LogP contribution in [0.2, 0.25) is 0 Å². The number of nitrogens with zero attached hydrogens (tertiary/aromatic N) is 1. The number of carboxylic acid groups (broad SMARTS) is 1. The Morgan fingerprint density at radius 3 is 2.92 bits per heavy atom. The molecule has 1 unspecified atom stereocenters. The van der Waals surface area contributed by atoms with Gasteiger partial charge in [0.25, 0.3) is 0 Å². The summed E-state index contributed by atoms with van der Waals surface area (Å²) in [6.07, 6.45) is 2.33. The molecule has 0 bridgehead atoms. The molecule has 0 aliphatic carbocycles. The maximum atomic E-state index is 10.4. The van der Waals surface area contributed by atoms with Crippen molar-refractivity contribution in [2.75, 3.05) is 13.2 Å². The van der Waals surface area contributed by atoms with Gasteiger partial charge in [0, 0.05) is 12.6 Å². The van der Waals surface area contributed by atoms with E-state index in [0.29, 0.717) is 0 Å². The van der Waals surface area contributed by atoms with Gasteiger partial charge in [-0.25, -0.2) is 0 Å². The average molecular weight is 173 g/mol. The van der Waals surface area contributed by atoms with Crippen molar-refractivity contribution in [3.8, 4) is 0 Å². The zero-order valence-electron chi connectivity index (χ0n) is 7.32. The summed E-state index contributed by atoms with van der Waals surface area (Å²) >= 11 is 0. The van der Waals surface area contributed by atoms with E-state index in [1.54, 1.807) is 5.06 Å².